The quantitative estimate of drug-likeness (QED) is 0.412. The van der Waals surface area contributed by atoms with E-state index in [0.717, 1.165) is 23.0 Å². The third-order valence-electron chi connectivity index (χ3n) is 7.11. The Balaban J connectivity index is 1.40. The molecule has 0 radical (unpaired) electrons. The SMILES string of the molecule is Cc1ccc(S(=O)(=O)N2CC(O)C[C@H]2C(=O)N[C@@H](Cc2ccc(OC(=O)N3CCN(C)CC3)cc2)C(=O)O)cc1. The zero-order valence-electron chi connectivity index (χ0n) is 22.4. The average molecular weight is 575 g/mol. The molecule has 2 fully saturated rings. The number of carbonyl (C=O) groups excluding carboxylic acids is 2. The van der Waals surface area contributed by atoms with E-state index < -0.39 is 46.2 Å². The van der Waals surface area contributed by atoms with Crippen molar-refractivity contribution in [3.63, 3.8) is 0 Å². The summed E-state index contributed by atoms with van der Waals surface area (Å²) < 4.78 is 32.8. The molecule has 0 spiro atoms. The Labute approximate surface area is 233 Å². The van der Waals surface area contributed by atoms with Crippen LogP contribution in [-0.2, 0) is 26.0 Å². The fourth-order valence-corrected chi connectivity index (χ4v) is 6.32. The van der Waals surface area contributed by atoms with Gasteiger partial charge in [0.15, 0.2) is 0 Å². The zero-order valence-corrected chi connectivity index (χ0v) is 23.2. The zero-order chi connectivity index (χ0) is 29.0. The van der Waals surface area contributed by atoms with Crippen molar-refractivity contribution in [2.45, 2.75) is 42.8 Å². The largest absolute Gasteiger partial charge is 0.480 e. The third kappa shape index (κ3) is 6.97. The molecule has 1 unspecified atom stereocenters. The van der Waals surface area contributed by atoms with Crippen LogP contribution in [-0.4, -0.2) is 109 Å². The number of hydrogen-bond donors (Lipinski definition) is 3. The number of aliphatic hydroxyl groups is 1. The lowest BCUT2D eigenvalue weighted by molar-refractivity contribution is -0.142. The molecule has 2 aliphatic heterocycles. The molecule has 2 saturated heterocycles. The van der Waals surface area contributed by atoms with E-state index in [1.807, 2.05) is 14.0 Å². The Bertz CT molecular complexity index is 1330. The lowest BCUT2D eigenvalue weighted by atomic mass is 10.0. The number of nitrogens with one attached hydrogen (secondary N) is 1. The second-order valence-electron chi connectivity index (χ2n) is 10.2. The van der Waals surface area contributed by atoms with E-state index in [2.05, 4.69) is 10.2 Å². The second kappa shape index (κ2) is 12.3. The molecule has 216 valence electrons. The lowest BCUT2D eigenvalue weighted by Crippen LogP contribution is -2.51. The molecule has 3 N–H and O–H groups in total. The van der Waals surface area contributed by atoms with Crippen LogP contribution in [0, 0.1) is 6.92 Å². The maximum Gasteiger partial charge on any atom is 0.415 e. The summed E-state index contributed by atoms with van der Waals surface area (Å²) in [6.45, 7) is 4.18. The van der Waals surface area contributed by atoms with Crippen molar-refractivity contribution < 1.29 is 37.8 Å². The molecule has 2 amide bonds. The van der Waals surface area contributed by atoms with Crippen molar-refractivity contribution in [1.82, 2.24) is 19.4 Å². The topological polar surface area (TPSA) is 157 Å². The Kier molecular flexibility index (Phi) is 9.08. The number of aliphatic hydroxyl groups excluding tert-OH is 1. The number of amides is 2. The molecule has 0 aliphatic carbocycles. The smallest absolute Gasteiger partial charge is 0.415 e. The van der Waals surface area contributed by atoms with Gasteiger partial charge in [-0.15, -0.1) is 0 Å². The van der Waals surface area contributed by atoms with Crippen molar-refractivity contribution in [3.05, 3.63) is 59.7 Å². The van der Waals surface area contributed by atoms with Gasteiger partial charge in [0.2, 0.25) is 15.9 Å². The van der Waals surface area contributed by atoms with E-state index in [4.69, 9.17) is 4.74 Å². The number of piperazine rings is 1. The Morgan fingerprint density at radius 3 is 2.25 bits per heavy atom. The maximum atomic E-state index is 13.2. The molecule has 13 heteroatoms. The van der Waals surface area contributed by atoms with Crippen molar-refractivity contribution >= 4 is 28.0 Å². The number of aryl methyl sites for hydroxylation is 1. The normalized spacial score (nSPS) is 21.1. The van der Waals surface area contributed by atoms with Crippen molar-refractivity contribution in [3.8, 4) is 5.75 Å². The van der Waals surface area contributed by atoms with E-state index >= 15 is 0 Å². The molecule has 3 atom stereocenters. The monoisotopic (exact) mass is 574 g/mol. The van der Waals surface area contributed by atoms with Gasteiger partial charge in [-0.3, -0.25) is 4.79 Å². The highest BCUT2D eigenvalue weighted by molar-refractivity contribution is 7.89. The number of carboxylic acid groups (broad SMARTS) is 1. The first-order chi connectivity index (χ1) is 18.9. The molecule has 40 heavy (non-hydrogen) atoms. The van der Waals surface area contributed by atoms with Crippen LogP contribution in [0.5, 0.6) is 5.75 Å². The molecule has 2 aromatic carbocycles. The molecular formula is C27H34N4O8S. The van der Waals surface area contributed by atoms with Crippen LogP contribution in [0.4, 0.5) is 4.79 Å². The molecule has 12 nitrogen and oxygen atoms in total. The highest BCUT2D eigenvalue weighted by atomic mass is 32.2. The van der Waals surface area contributed by atoms with E-state index in [1.165, 1.54) is 12.1 Å². The van der Waals surface area contributed by atoms with Crippen LogP contribution in [0.2, 0.25) is 0 Å². The second-order valence-corrected chi connectivity index (χ2v) is 12.1. The number of hydrogen-bond acceptors (Lipinski definition) is 8. The lowest BCUT2D eigenvalue weighted by Gasteiger charge is -2.31. The molecule has 4 rings (SSSR count). The summed E-state index contributed by atoms with van der Waals surface area (Å²) in [6, 6.07) is 9.80. The summed E-state index contributed by atoms with van der Waals surface area (Å²) in [6.07, 6.45) is -1.77. The van der Waals surface area contributed by atoms with E-state index in [9.17, 15) is 33.0 Å². The Morgan fingerprint density at radius 1 is 1.02 bits per heavy atom. The van der Waals surface area contributed by atoms with Gasteiger partial charge in [0.05, 0.1) is 11.0 Å². The van der Waals surface area contributed by atoms with Crippen LogP contribution in [0.3, 0.4) is 0 Å². The molecular weight excluding hydrogens is 540 g/mol. The predicted molar refractivity (Wildman–Crippen MR) is 144 cm³/mol. The molecule has 2 heterocycles. The molecule has 0 saturated carbocycles. The molecule has 2 aromatic rings. The highest BCUT2D eigenvalue weighted by Gasteiger charge is 2.44. The summed E-state index contributed by atoms with van der Waals surface area (Å²) >= 11 is 0. The predicted octanol–water partition coefficient (Wildman–Crippen LogP) is 0.677. The number of ether oxygens (including phenoxy) is 1. The number of nitrogens with zero attached hydrogens (tertiary/aromatic N) is 3. The van der Waals surface area contributed by atoms with Gasteiger partial charge in [-0.2, -0.15) is 4.31 Å². The Hall–Kier alpha value is -3.52. The van der Waals surface area contributed by atoms with Crippen LogP contribution >= 0.6 is 0 Å². The summed E-state index contributed by atoms with van der Waals surface area (Å²) in [7, 11) is -2.12. The van der Waals surface area contributed by atoms with Gasteiger partial charge < -0.3 is 30.1 Å². The number of likely N-dealkylation sites (N-methyl/N-ethyl adjacent to an activating group) is 1. The minimum absolute atomic E-state index is 0.0202. The van der Waals surface area contributed by atoms with E-state index in [1.54, 1.807) is 41.3 Å². The molecule has 0 bridgehead atoms. The first-order valence-electron chi connectivity index (χ1n) is 13.0. The van der Waals surface area contributed by atoms with Crippen LogP contribution < -0.4 is 10.1 Å². The van der Waals surface area contributed by atoms with Gasteiger partial charge in [0.25, 0.3) is 0 Å². The van der Waals surface area contributed by atoms with Gasteiger partial charge in [-0.1, -0.05) is 29.8 Å². The van der Waals surface area contributed by atoms with Crippen LogP contribution in [0.25, 0.3) is 0 Å². The summed E-state index contributed by atoms with van der Waals surface area (Å²) in [5.41, 5.74) is 1.42. The van der Waals surface area contributed by atoms with E-state index in [0.29, 0.717) is 24.4 Å². The molecule has 2 aliphatic rings. The number of aliphatic carboxylic acids is 1. The summed E-state index contributed by atoms with van der Waals surface area (Å²) in [5.74, 6) is -1.80. The van der Waals surface area contributed by atoms with Gasteiger partial charge in [-0.25, -0.2) is 18.0 Å². The number of carbonyl (C=O) groups is 3. The van der Waals surface area contributed by atoms with E-state index in [-0.39, 0.29) is 24.3 Å². The Morgan fingerprint density at radius 2 is 1.65 bits per heavy atom. The van der Waals surface area contributed by atoms with Gasteiger partial charge in [0.1, 0.15) is 17.8 Å². The van der Waals surface area contributed by atoms with Crippen molar-refractivity contribution in [1.29, 1.82) is 0 Å². The number of β-amino-alcohol motifs (C(OH)–C–C–N with tert-alkyl or cyclic N) is 1. The first-order valence-corrected chi connectivity index (χ1v) is 14.4. The fraction of sp³-hybridized carbons (Fsp3) is 0.444. The average Bonchev–Trinajstić information content (AvgIpc) is 3.32. The minimum Gasteiger partial charge on any atom is -0.480 e. The standard InChI is InChI=1S/C27H34N4O8S/c1-18-3-9-22(10-4-18)40(37,38)31-17-20(32)16-24(31)25(33)28-23(26(34)35)15-19-5-7-21(8-6-19)39-27(36)30-13-11-29(2)12-14-30/h3-10,20,23-24,32H,11-17H2,1-2H3,(H,28,33)(H,34,35)/t20?,23-,24-/m0/s1. The van der Waals surface area contributed by atoms with Gasteiger partial charge >= 0.3 is 12.1 Å². The van der Waals surface area contributed by atoms with Crippen molar-refractivity contribution in [2.75, 3.05) is 39.8 Å². The number of rotatable bonds is 8. The minimum atomic E-state index is -4.11. The summed E-state index contributed by atoms with van der Waals surface area (Å²) in [5, 5.41) is 22.4. The van der Waals surface area contributed by atoms with Crippen molar-refractivity contribution in [2.24, 2.45) is 0 Å². The number of benzene rings is 2. The number of carboxylic acids is 1. The molecule has 0 aromatic heterocycles. The van der Waals surface area contributed by atoms with Crippen LogP contribution in [0.1, 0.15) is 17.5 Å². The third-order valence-corrected chi connectivity index (χ3v) is 9.00. The van der Waals surface area contributed by atoms with Gasteiger partial charge in [-0.05, 0) is 43.8 Å². The fourth-order valence-electron chi connectivity index (χ4n) is 4.69. The maximum absolute atomic E-state index is 13.2. The summed E-state index contributed by atoms with van der Waals surface area (Å²) in [4.78, 5) is 41.2. The van der Waals surface area contributed by atoms with Crippen LogP contribution in [0.15, 0.2) is 53.4 Å². The highest BCUT2D eigenvalue weighted by Crippen LogP contribution is 2.27. The van der Waals surface area contributed by atoms with Gasteiger partial charge in [0, 0.05) is 45.6 Å². The first kappa shape index (κ1) is 29.5. The number of sulfonamides is 1.